The molecule has 0 aromatic carbocycles. The predicted molar refractivity (Wildman–Crippen MR) is 24.9 cm³/mol. The molecule has 0 rings (SSSR count). The summed E-state index contributed by atoms with van der Waals surface area (Å²) in [6.45, 7) is 0. The van der Waals surface area contributed by atoms with Crippen LogP contribution in [0, 0.1) is 0 Å². The van der Waals surface area contributed by atoms with Gasteiger partial charge in [-0.25, -0.2) is 0 Å². The van der Waals surface area contributed by atoms with Gasteiger partial charge in [0.15, 0.2) is 0 Å². The van der Waals surface area contributed by atoms with Gasteiger partial charge in [0, 0.05) is 17.1 Å². The van der Waals surface area contributed by atoms with Crippen molar-refractivity contribution in [2.75, 3.05) is 0 Å². The normalized spacial score (nSPS) is 0.600. The van der Waals surface area contributed by atoms with Gasteiger partial charge in [-0.1, -0.05) is 0 Å². The van der Waals surface area contributed by atoms with Gasteiger partial charge in [0.2, 0.25) is 0 Å². The summed E-state index contributed by atoms with van der Waals surface area (Å²) >= 11 is 0. The van der Waals surface area contributed by atoms with Gasteiger partial charge in [-0.2, -0.15) is 0 Å². The zero-order chi connectivity index (χ0) is 2.00. The molecule has 1 radical (unpaired) electrons. The van der Waals surface area contributed by atoms with E-state index in [4.69, 9.17) is 4.70 Å². The molecule has 0 aromatic heterocycles. The van der Waals surface area contributed by atoms with Gasteiger partial charge in [-0.15, -0.1) is 0 Å². The first-order valence-electron chi connectivity index (χ1n) is 0.236. The van der Waals surface area contributed by atoms with Crippen molar-refractivity contribution in [3.63, 3.8) is 0 Å². The van der Waals surface area contributed by atoms with Crippen molar-refractivity contribution >= 4 is 39.2 Å². The summed E-state index contributed by atoms with van der Waals surface area (Å²) in [5, 5.41) is 0. The predicted octanol–water partition coefficient (Wildman–Crippen LogP) is -2.60. The zero-order valence-electron chi connectivity index (χ0n) is 1.34. The summed E-state index contributed by atoms with van der Waals surface area (Å²) in [5.41, 5.74) is 0. The Labute approximate surface area is 60.9 Å². The molecule has 0 N–H and O–H groups in total. The Morgan fingerprint density at radius 3 is 1.20 bits per heavy atom. The molecule has 0 unspecified atom stereocenters. The van der Waals surface area contributed by atoms with E-state index in [9.17, 15) is 0 Å². The van der Waals surface area contributed by atoms with E-state index in [-0.39, 0.29) is 48.5 Å². The fourth-order valence-electron chi connectivity index (χ4n) is 0. The van der Waals surface area contributed by atoms with Crippen LogP contribution in [0.4, 0.5) is 0 Å². The minimum absolute atomic E-state index is 0. The summed E-state index contributed by atoms with van der Waals surface area (Å²) < 4.78 is 7.75. The van der Waals surface area contributed by atoms with Crippen LogP contribution in [0.25, 0.3) is 0 Å². The molecule has 0 aromatic rings. The van der Waals surface area contributed by atoms with Crippen LogP contribution in [0.15, 0.2) is 0 Å². The molecule has 0 spiro atoms. The Balaban J connectivity index is -0.00000000167. The van der Waals surface area contributed by atoms with Crippen molar-refractivity contribution < 1.29 is 21.8 Å². The Bertz CT molecular complexity index is 9.61. The molecule has 0 saturated carbocycles. The van der Waals surface area contributed by atoms with E-state index in [1.165, 1.54) is 0 Å². The second kappa shape index (κ2) is 62.7. The van der Waals surface area contributed by atoms with E-state index in [0.717, 1.165) is 0 Å². The van der Waals surface area contributed by atoms with Gasteiger partial charge in [0.05, 0.1) is 8.41 Å². The maximum Gasteiger partial charge on any atom is 0.316 e. The van der Waals surface area contributed by atoms with Crippen molar-refractivity contribution in [3.05, 3.63) is 0 Å². The molecule has 0 saturated heterocycles. The molecule has 5 heavy (non-hydrogen) atoms. The molecule has 27 valence electrons. The van der Waals surface area contributed by atoms with E-state index in [0.29, 0.717) is 0 Å². The SMILES string of the molecule is B.[B]=O.[Fe].[MgH2]. The smallest absolute Gasteiger partial charge is 0 e. The molecule has 0 aliphatic rings. The van der Waals surface area contributed by atoms with Crippen LogP contribution in [-0.4, -0.2) is 39.2 Å². The van der Waals surface area contributed by atoms with Gasteiger partial charge < -0.3 is 0 Å². The summed E-state index contributed by atoms with van der Waals surface area (Å²) in [6, 6.07) is 0. The Morgan fingerprint density at radius 1 is 1.20 bits per heavy atom. The van der Waals surface area contributed by atoms with E-state index in [1.54, 1.807) is 0 Å². The molecule has 5 heteroatoms. The molecule has 0 bridgehead atoms. The van der Waals surface area contributed by atoms with E-state index in [2.05, 4.69) is 7.72 Å². The van der Waals surface area contributed by atoms with Crippen LogP contribution in [-0.2, 0) is 21.8 Å². The van der Waals surface area contributed by atoms with Gasteiger partial charge in [0.25, 0.3) is 0 Å². The third-order valence-electron chi connectivity index (χ3n) is 0. The maximum absolute atomic E-state index is 7.75. The van der Waals surface area contributed by atoms with Crippen LogP contribution in [0.3, 0.4) is 0 Å². The first kappa shape index (κ1) is 34.4. The van der Waals surface area contributed by atoms with Crippen LogP contribution in [0.1, 0.15) is 0 Å². The van der Waals surface area contributed by atoms with Gasteiger partial charge in [0.1, 0.15) is 0 Å². The van der Waals surface area contributed by atoms with Crippen molar-refractivity contribution in [2.45, 2.75) is 0 Å². The fourth-order valence-corrected chi connectivity index (χ4v) is 0. The summed E-state index contributed by atoms with van der Waals surface area (Å²) in [6.07, 6.45) is 0. The van der Waals surface area contributed by atoms with Crippen LogP contribution in [0.5, 0.6) is 0 Å². The van der Waals surface area contributed by atoms with Gasteiger partial charge in [-0.3, -0.25) is 0 Å². The summed E-state index contributed by atoms with van der Waals surface area (Å²) in [5.74, 6) is 0. The molecular formula is H5B2FeMgO. The van der Waals surface area contributed by atoms with Gasteiger partial charge in [-0.05, 0) is 0 Å². The van der Waals surface area contributed by atoms with E-state index < -0.39 is 0 Å². The largest absolute Gasteiger partial charge is 0.316 e. The molecule has 0 amide bonds. The molecule has 0 heterocycles. The Morgan fingerprint density at radius 2 is 1.20 bits per heavy atom. The van der Waals surface area contributed by atoms with Gasteiger partial charge >= 0.3 is 35.5 Å². The molecule has 0 aliphatic carbocycles. The third kappa shape index (κ3) is 36.5. The number of hydrogen-bond donors (Lipinski definition) is 0. The average Bonchev–Trinajstić information content (AvgIpc) is 1.00. The molecular weight excluding hydrogens is 118 g/mol. The Hall–Kier alpha value is 1.22. The summed E-state index contributed by atoms with van der Waals surface area (Å²) in [7, 11) is 3.25. The van der Waals surface area contributed by atoms with Crippen LogP contribution in [0.2, 0.25) is 0 Å². The second-order valence-electron chi connectivity index (χ2n) is 0. The minimum Gasteiger partial charge on any atom is 0 e. The molecule has 1 nitrogen and oxygen atoms in total. The Kier molecular flexibility index (Phi) is 432. The quantitative estimate of drug-likeness (QED) is 0.322. The zero-order valence-corrected chi connectivity index (χ0v) is 2.44. The van der Waals surface area contributed by atoms with Crippen molar-refractivity contribution in [1.29, 1.82) is 0 Å². The van der Waals surface area contributed by atoms with Crippen molar-refractivity contribution in [3.8, 4) is 0 Å². The van der Waals surface area contributed by atoms with E-state index in [1.807, 2.05) is 0 Å². The fraction of sp³-hybridized carbons (Fsp3) is 0. The van der Waals surface area contributed by atoms with Crippen LogP contribution >= 0.6 is 0 Å². The first-order valence-corrected chi connectivity index (χ1v) is 0.236. The summed E-state index contributed by atoms with van der Waals surface area (Å²) in [4.78, 5) is 0. The standard InChI is InChI=1S/BO.BH3.Fe.Mg.2H/c1-2;;;;;/h;1H3;;;;. The van der Waals surface area contributed by atoms with E-state index >= 15 is 0 Å². The number of hydrogen-bond acceptors (Lipinski definition) is 1. The maximum atomic E-state index is 7.75. The molecule has 0 fully saturated rings. The molecule has 0 atom stereocenters. The first-order chi connectivity index (χ1) is 1.00. The monoisotopic (exact) mass is 123 g/mol. The molecule has 0 aliphatic heterocycles. The third-order valence-corrected chi connectivity index (χ3v) is 0. The van der Waals surface area contributed by atoms with Crippen molar-refractivity contribution in [1.82, 2.24) is 0 Å². The topological polar surface area (TPSA) is 17.1 Å². The second-order valence-corrected chi connectivity index (χ2v) is 0. The van der Waals surface area contributed by atoms with Crippen LogP contribution < -0.4 is 0 Å². The average molecular weight is 123 g/mol. The minimum atomic E-state index is 0. The van der Waals surface area contributed by atoms with Crippen molar-refractivity contribution in [2.24, 2.45) is 0 Å². The number of rotatable bonds is 0.